The molecule has 1 atom stereocenters. The number of sulfonamides is 1. The Morgan fingerprint density at radius 1 is 0.946 bits per heavy atom. The molecule has 9 heteroatoms. The summed E-state index contributed by atoms with van der Waals surface area (Å²) in [5.74, 6) is -0.388. The molecule has 1 aromatic heterocycles. The fourth-order valence-electron chi connectivity index (χ4n) is 3.92. The third kappa shape index (κ3) is 7.71. The van der Waals surface area contributed by atoms with E-state index >= 15 is 0 Å². The Hall–Kier alpha value is -3.56. The van der Waals surface area contributed by atoms with Crippen molar-refractivity contribution in [3.8, 4) is 0 Å². The van der Waals surface area contributed by atoms with Gasteiger partial charge in [0.05, 0.1) is 4.90 Å². The standard InChI is InChI=1S/C28H32N4O4S/c1-21(28(34)30-19-23-15-17-29-18-16-23)32(20-24-5-3-2-4-6-24)27(33)14-9-22-7-12-26(13-8-22)37(35,36)31-25-10-11-25/h2-8,12-13,15-18,21,25,31H,9-11,14,19-20H2,1H3,(H,30,34). The number of nitrogens with one attached hydrogen (secondary N) is 2. The molecule has 1 aliphatic rings. The highest BCUT2D eigenvalue weighted by atomic mass is 32.2. The van der Waals surface area contributed by atoms with Crippen LogP contribution in [0.15, 0.2) is 84.0 Å². The van der Waals surface area contributed by atoms with Crippen molar-refractivity contribution in [3.63, 3.8) is 0 Å². The third-order valence-electron chi connectivity index (χ3n) is 6.34. The van der Waals surface area contributed by atoms with Crippen LogP contribution in [0.4, 0.5) is 0 Å². The summed E-state index contributed by atoms with van der Waals surface area (Å²) in [7, 11) is -3.51. The monoisotopic (exact) mass is 520 g/mol. The van der Waals surface area contributed by atoms with Gasteiger partial charge in [-0.15, -0.1) is 0 Å². The lowest BCUT2D eigenvalue weighted by atomic mass is 10.1. The Morgan fingerprint density at radius 2 is 1.62 bits per heavy atom. The van der Waals surface area contributed by atoms with E-state index in [1.165, 1.54) is 0 Å². The van der Waals surface area contributed by atoms with Crippen LogP contribution in [0, 0.1) is 0 Å². The van der Waals surface area contributed by atoms with Gasteiger partial charge < -0.3 is 10.2 Å². The molecule has 0 radical (unpaired) electrons. The number of aryl methyl sites for hydroxylation is 1. The van der Waals surface area contributed by atoms with Gasteiger partial charge in [0.1, 0.15) is 6.04 Å². The molecule has 0 bridgehead atoms. The smallest absolute Gasteiger partial charge is 0.242 e. The molecule has 194 valence electrons. The van der Waals surface area contributed by atoms with Gasteiger partial charge in [0.2, 0.25) is 21.8 Å². The second-order valence-corrected chi connectivity index (χ2v) is 11.0. The molecule has 1 fully saturated rings. The van der Waals surface area contributed by atoms with Crippen molar-refractivity contribution in [3.05, 3.63) is 95.8 Å². The summed E-state index contributed by atoms with van der Waals surface area (Å²) in [4.78, 5) is 32.1. The molecule has 0 saturated heterocycles. The van der Waals surface area contributed by atoms with Crippen molar-refractivity contribution in [1.29, 1.82) is 0 Å². The van der Waals surface area contributed by atoms with Gasteiger partial charge in [-0.05, 0) is 67.1 Å². The first-order valence-corrected chi connectivity index (χ1v) is 13.9. The number of amides is 2. The van der Waals surface area contributed by atoms with Crippen LogP contribution >= 0.6 is 0 Å². The number of carbonyl (C=O) groups excluding carboxylic acids is 2. The van der Waals surface area contributed by atoms with E-state index in [9.17, 15) is 18.0 Å². The van der Waals surface area contributed by atoms with Gasteiger partial charge >= 0.3 is 0 Å². The Balaban J connectivity index is 1.39. The average Bonchev–Trinajstić information content (AvgIpc) is 3.73. The lowest BCUT2D eigenvalue weighted by Gasteiger charge is -2.29. The number of rotatable bonds is 12. The minimum atomic E-state index is -3.51. The van der Waals surface area contributed by atoms with Crippen molar-refractivity contribution in [2.24, 2.45) is 0 Å². The zero-order chi connectivity index (χ0) is 26.3. The van der Waals surface area contributed by atoms with Gasteiger partial charge in [-0.1, -0.05) is 42.5 Å². The second-order valence-electron chi connectivity index (χ2n) is 9.30. The largest absolute Gasteiger partial charge is 0.350 e. The molecule has 3 aromatic rings. The summed E-state index contributed by atoms with van der Waals surface area (Å²) in [5.41, 5.74) is 2.71. The van der Waals surface area contributed by atoms with Crippen LogP contribution in [-0.2, 0) is 39.1 Å². The van der Waals surface area contributed by atoms with Crippen LogP contribution in [-0.4, -0.2) is 42.2 Å². The highest BCUT2D eigenvalue weighted by molar-refractivity contribution is 7.89. The van der Waals surface area contributed by atoms with E-state index < -0.39 is 16.1 Å². The van der Waals surface area contributed by atoms with Crippen molar-refractivity contribution in [1.82, 2.24) is 19.9 Å². The van der Waals surface area contributed by atoms with Gasteiger partial charge in [-0.2, -0.15) is 0 Å². The molecule has 1 aliphatic carbocycles. The fraction of sp³-hybridized carbons (Fsp3) is 0.321. The summed E-state index contributed by atoms with van der Waals surface area (Å²) >= 11 is 0. The molecule has 4 rings (SSSR count). The molecule has 1 heterocycles. The highest BCUT2D eigenvalue weighted by Gasteiger charge is 2.28. The molecule has 2 N–H and O–H groups in total. The minimum absolute atomic E-state index is 0.0433. The Labute approximate surface area is 218 Å². The molecule has 1 unspecified atom stereocenters. The van der Waals surface area contributed by atoms with E-state index in [4.69, 9.17) is 0 Å². The van der Waals surface area contributed by atoms with E-state index in [1.54, 1.807) is 48.5 Å². The first-order chi connectivity index (χ1) is 17.8. The van der Waals surface area contributed by atoms with E-state index in [-0.39, 0.29) is 29.2 Å². The maximum absolute atomic E-state index is 13.3. The molecule has 0 spiro atoms. The summed E-state index contributed by atoms with van der Waals surface area (Å²) < 4.78 is 27.5. The molecular formula is C28H32N4O4S. The topological polar surface area (TPSA) is 108 Å². The number of nitrogens with zero attached hydrogens (tertiary/aromatic N) is 2. The fourth-order valence-corrected chi connectivity index (χ4v) is 5.22. The second kappa shape index (κ2) is 12.1. The van der Waals surface area contributed by atoms with Crippen molar-refractivity contribution < 1.29 is 18.0 Å². The van der Waals surface area contributed by atoms with E-state index in [0.717, 1.165) is 29.5 Å². The molecule has 8 nitrogen and oxygen atoms in total. The zero-order valence-corrected chi connectivity index (χ0v) is 21.7. The van der Waals surface area contributed by atoms with Crippen LogP contribution in [0.1, 0.15) is 42.9 Å². The third-order valence-corrected chi connectivity index (χ3v) is 7.88. The molecular weight excluding hydrogens is 488 g/mol. The van der Waals surface area contributed by atoms with Gasteiger partial charge in [0, 0.05) is 37.9 Å². The normalized spacial score (nSPS) is 14.1. The number of pyridine rings is 1. The van der Waals surface area contributed by atoms with Crippen LogP contribution in [0.3, 0.4) is 0 Å². The number of benzene rings is 2. The van der Waals surface area contributed by atoms with Crippen molar-refractivity contribution in [2.45, 2.75) is 62.7 Å². The number of hydrogen-bond donors (Lipinski definition) is 2. The Morgan fingerprint density at radius 3 is 2.27 bits per heavy atom. The molecule has 0 aliphatic heterocycles. The summed E-state index contributed by atoms with van der Waals surface area (Å²) in [6, 6.07) is 19.2. The van der Waals surface area contributed by atoms with Crippen LogP contribution in [0.25, 0.3) is 0 Å². The van der Waals surface area contributed by atoms with Gasteiger partial charge in [0.25, 0.3) is 0 Å². The summed E-state index contributed by atoms with van der Waals surface area (Å²) in [6.45, 7) is 2.40. The minimum Gasteiger partial charge on any atom is -0.350 e. The number of hydrogen-bond acceptors (Lipinski definition) is 5. The quantitative estimate of drug-likeness (QED) is 0.381. The highest BCUT2D eigenvalue weighted by Crippen LogP contribution is 2.22. The first kappa shape index (κ1) is 26.5. The number of aromatic nitrogens is 1. The lowest BCUT2D eigenvalue weighted by molar-refractivity contribution is -0.140. The van der Waals surface area contributed by atoms with E-state index in [2.05, 4.69) is 15.0 Å². The maximum Gasteiger partial charge on any atom is 0.242 e. The summed E-state index contributed by atoms with van der Waals surface area (Å²) in [5, 5.41) is 2.91. The Kier molecular flexibility index (Phi) is 8.68. The zero-order valence-electron chi connectivity index (χ0n) is 20.8. The molecule has 37 heavy (non-hydrogen) atoms. The SMILES string of the molecule is CC(C(=O)NCc1ccncc1)N(Cc1ccccc1)C(=O)CCc1ccc(S(=O)(=O)NC2CC2)cc1. The van der Waals surface area contributed by atoms with Gasteiger partial charge in [-0.25, -0.2) is 13.1 Å². The van der Waals surface area contributed by atoms with Gasteiger partial charge in [-0.3, -0.25) is 14.6 Å². The summed E-state index contributed by atoms with van der Waals surface area (Å²) in [6.07, 6.45) is 5.72. The predicted octanol–water partition coefficient (Wildman–Crippen LogP) is 3.19. The van der Waals surface area contributed by atoms with Crippen LogP contribution in [0.2, 0.25) is 0 Å². The molecule has 2 aromatic carbocycles. The van der Waals surface area contributed by atoms with Gasteiger partial charge in [0.15, 0.2) is 0 Å². The average molecular weight is 521 g/mol. The number of carbonyl (C=O) groups is 2. The maximum atomic E-state index is 13.3. The van der Waals surface area contributed by atoms with Crippen molar-refractivity contribution in [2.75, 3.05) is 0 Å². The molecule has 2 amide bonds. The van der Waals surface area contributed by atoms with E-state index in [0.29, 0.717) is 19.5 Å². The Bertz CT molecular complexity index is 1300. The van der Waals surface area contributed by atoms with Crippen LogP contribution in [0.5, 0.6) is 0 Å². The predicted molar refractivity (Wildman–Crippen MR) is 141 cm³/mol. The van der Waals surface area contributed by atoms with E-state index in [1.807, 2.05) is 42.5 Å². The first-order valence-electron chi connectivity index (χ1n) is 12.4. The lowest BCUT2D eigenvalue weighted by Crippen LogP contribution is -2.47. The van der Waals surface area contributed by atoms with Crippen LogP contribution < -0.4 is 10.0 Å². The molecule has 1 saturated carbocycles. The van der Waals surface area contributed by atoms with Crippen molar-refractivity contribution >= 4 is 21.8 Å².